The monoisotopic (exact) mass is 153 g/mol. The summed E-state index contributed by atoms with van der Waals surface area (Å²) >= 11 is 0. The molecule has 0 spiro atoms. The molecule has 0 fully saturated rings. The van der Waals surface area contributed by atoms with Gasteiger partial charge in [-0.05, 0) is 12.1 Å². The molecule has 0 saturated carbocycles. The summed E-state index contributed by atoms with van der Waals surface area (Å²) in [6.45, 7) is 0. The molecule has 0 amide bonds. The molecule has 0 radical (unpaired) electrons. The highest BCUT2D eigenvalue weighted by Crippen LogP contribution is 2.30. The molecule has 58 valence electrons. The van der Waals surface area contributed by atoms with Gasteiger partial charge >= 0.3 is 0 Å². The lowest BCUT2D eigenvalue weighted by atomic mass is 10.2. The first-order chi connectivity index (χ1) is 5.16. The van der Waals surface area contributed by atoms with Crippen molar-refractivity contribution in [3.63, 3.8) is 0 Å². The van der Waals surface area contributed by atoms with Gasteiger partial charge in [0.25, 0.3) is 0 Å². The molecule has 0 unspecified atom stereocenters. The number of nitrogens with two attached hydrogens (primary N) is 1. The topological polar surface area (TPSA) is 83.5 Å². The molecule has 0 aliphatic heterocycles. The van der Waals surface area contributed by atoms with Gasteiger partial charge < -0.3 is 15.9 Å². The first kappa shape index (κ1) is 7.40. The van der Waals surface area contributed by atoms with Gasteiger partial charge in [0.1, 0.15) is 5.75 Å². The van der Waals surface area contributed by atoms with Crippen molar-refractivity contribution in [1.82, 2.24) is 0 Å². The van der Waals surface area contributed by atoms with Gasteiger partial charge in [-0.1, -0.05) is 0 Å². The standard InChI is InChI=1S/C7H7NO3/c8-5-1-2-6(10)4(3-9)7(5)11/h1-3,10-11H,8H2. The quantitative estimate of drug-likeness (QED) is 0.237. The molecular formula is C7H7NO3. The van der Waals surface area contributed by atoms with E-state index < -0.39 is 0 Å². The molecular weight excluding hydrogens is 146 g/mol. The summed E-state index contributed by atoms with van der Waals surface area (Å²) in [7, 11) is 0. The fraction of sp³-hybridized carbons (Fsp3) is 0. The van der Waals surface area contributed by atoms with Crippen molar-refractivity contribution in [1.29, 1.82) is 0 Å². The van der Waals surface area contributed by atoms with Crippen LogP contribution in [0.3, 0.4) is 0 Å². The Labute approximate surface area is 62.9 Å². The molecule has 0 saturated heterocycles. The van der Waals surface area contributed by atoms with Crippen LogP contribution in [0.2, 0.25) is 0 Å². The summed E-state index contributed by atoms with van der Waals surface area (Å²) in [5.41, 5.74) is 5.14. The molecule has 4 N–H and O–H groups in total. The molecule has 0 heterocycles. The zero-order valence-corrected chi connectivity index (χ0v) is 5.61. The highest BCUT2D eigenvalue weighted by atomic mass is 16.3. The third-order valence-corrected chi connectivity index (χ3v) is 1.34. The van der Waals surface area contributed by atoms with Crippen LogP contribution in [0.15, 0.2) is 12.1 Å². The maximum atomic E-state index is 10.2. The molecule has 1 rings (SSSR count). The second kappa shape index (κ2) is 2.49. The number of anilines is 1. The molecule has 0 bridgehead atoms. The minimum atomic E-state index is -0.375. The Bertz CT molecular complexity index is 296. The number of aldehydes is 1. The normalized spacial score (nSPS) is 9.45. The third kappa shape index (κ3) is 1.10. The number of rotatable bonds is 1. The number of phenolic OH excluding ortho intramolecular Hbond substituents is 2. The second-order valence-electron chi connectivity index (χ2n) is 2.05. The van der Waals surface area contributed by atoms with Crippen LogP contribution in [0.5, 0.6) is 11.5 Å². The zero-order chi connectivity index (χ0) is 8.43. The van der Waals surface area contributed by atoms with Gasteiger partial charge in [-0.25, -0.2) is 0 Å². The lowest BCUT2D eigenvalue weighted by Crippen LogP contribution is -1.90. The van der Waals surface area contributed by atoms with Crippen LogP contribution in [-0.4, -0.2) is 16.5 Å². The van der Waals surface area contributed by atoms with E-state index >= 15 is 0 Å². The number of aromatic hydroxyl groups is 2. The first-order valence-corrected chi connectivity index (χ1v) is 2.92. The van der Waals surface area contributed by atoms with Gasteiger partial charge in [0.15, 0.2) is 12.0 Å². The van der Waals surface area contributed by atoms with Crippen molar-refractivity contribution >= 4 is 12.0 Å². The predicted molar refractivity (Wildman–Crippen MR) is 39.6 cm³/mol. The smallest absolute Gasteiger partial charge is 0.157 e. The van der Waals surface area contributed by atoms with Gasteiger partial charge in [0, 0.05) is 0 Å². The highest BCUT2D eigenvalue weighted by Gasteiger charge is 2.08. The number of hydrogen-bond donors (Lipinski definition) is 3. The van der Waals surface area contributed by atoms with Crippen LogP contribution in [-0.2, 0) is 0 Å². The number of carbonyl (C=O) groups excluding carboxylic acids is 1. The average Bonchev–Trinajstić information content (AvgIpc) is 1.99. The Morgan fingerprint density at radius 3 is 2.45 bits per heavy atom. The highest BCUT2D eigenvalue weighted by molar-refractivity contribution is 5.86. The van der Waals surface area contributed by atoms with Crippen molar-refractivity contribution in [3.8, 4) is 11.5 Å². The van der Waals surface area contributed by atoms with E-state index in [1.807, 2.05) is 0 Å². The van der Waals surface area contributed by atoms with Gasteiger partial charge in [-0.15, -0.1) is 0 Å². The molecule has 0 aromatic heterocycles. The van der Waals surface area contributed by atoms with Crippen molar-refractivity contribution in [3.05, 3.63) is 17.7 Å². The largest absolute Gasteiger partial charge is 0.507 e. The lowest BCUT2D eigenvalue weighted by molar-refractivity contribution is 0.111. The number of phenols is 2. The molecule has 11 heavy (non-hydrogen) atoms. The molecule has 0 aliphatic rings. The Kier molecular flexibility index (Phi) is 1.68. The number of benzene rings is 1. The summed E-state index contributed by atoms with van der Waals surface area (Å²) in [4.78, 5) is 10.2. The van der Waals surface area contributed by atoms with Crippen LogP contribution >= 0.6 is 0 Å². The van der Waals surface area contributed by atoms with E-state index in [4.69, 9.17) is 15.9 Å². The van der Waals surface area contributed by atoms with Crippen LogP contribution in [0.4, 0.5) is 5.69 Å². The lowest BCUT2D eigenvalue weighted by Gasteiger charge is -2.02. The number of nitrogen functional groups attached to an aromatic ring is 1. The van der Waals surface area contributed by atoms with Gasteiger partial charge in [0.05, 0.1) is 11.3 Å². The maximum Gasteiger partial charge on any atom is 0.157 e. The molecule has 0 atom stereocenters. The van der Waals surface area contributed by atoms with Gasteiger partial charge in [-0.3, -0.25) is 4.79 Å². The SMILES string of the molecule is Nc1ccc(O)c(C=O)c1O. The minimum Gasteiger partial charge on any atom is -0.507 e. The van der Waals surface area contributed by atoms with E-state index in [-0.39, 0.29) is 22.7 Å². The Hall–Kier alpha value is -1.71. The molecule has 4 heteroatoms. The summed E-state index contributed by atoms with van der Waals surface area (Å²) < 4.78 is 0. The minimum absolute atomic E-state index is 0.0740. The summed E-state index contributed by atoms with van der Waals surface area (Å²) in [5.74, 6) is -0.647. The first-order valence-electron chi connectivity index (χ1n) is 2.92. The third-order valence-electron chi connectivity index (χ3n) is 1.34. The fourth-order valence-corrected chi connectivity index (χ4v) is 0.730. The predicted octanol–water partition coefficient (Wildman–Crippen LogP) is 0.492. The molecule has 0 aliphatic carbocycles. The van der Waals surface area contributed by atoms with E-state index in [9.17, 15) is 4.79 Å². The molecule has 1 aromatic rings. The maximum absolute atomic E-state index is 10.2. The van der Waals surface area contributed by atoms with Crippen LogP contribution in [0.25, 0.3) is 0 Å². The Balaban J connectivity index is 3.40. The summed E-state index contributed by atoms with van der Waals surface area (Å²) in [5, 5.41) is 18.0. The summed E-state index contributed by atoms with van der Waals surface area (Å²) in [6.07, 6.45) is 0.348. The van der Waals surface area contributed by atoms with Crippen LogP contribution in [0, 0.1) is 0 Å². The van der Waals surface area contributed by atoms with E-state index in [1.165, 1.54) is 12.1 Å². The van der Waals surface area contributed by atoms with E-state index in [0.29, 0.717) is 6.29 Å². The van der Waals surface area contributed by atoms with E-state index in [0.717, 1.165) is 0 Å². The van der Waals surface area contributed by atoms with Crippen molar-refractivity contribution < 1.29 is 15.0 Å². The van der Waals surface area contributed by atoms with Crippen LogP contribution < -0.4 is 5.73 Å². The van der Waals surface area contributed by atoms with Gasteiger partial charge in [0.2, 0.25) is 0 Å². The van der Waals surface area contributed by atoms with Crippen molar-refractivity contribution in [2.24, 2.45) is 0 Å². The fourth-order valence-electron chi connectivity index (χ4n) is 0.730. The van der Waals surface area contributed by atoms with Gasteiger partial charge in [-0.2, -0.15) is 0 Å². The van der Waals surface area contributed by atoms with Crippen molar-refractivity contribution in [2.75, 3.05) is 5.73 Å². The average molecular weight is 153 g/mol. The molecule has 1 aromatic carbocycles. The number of hydrogen-bond acceptors (Lipinski definition) is 4. The summed E-state index contributed by atoms with van der Waals surface area (Å²) in [6, 6.07) is 2.57. The molecule has 4 nitrogen and oxygen atoms in total. The Morgan fingerprint density at radius 2 is 2.00 bits per heavy atom. The van der Waals surface area contributed by atoms with E-state index in [2.05, 4.69) is 0 Å². The Morgan fingerprint density at radius 1 is 1.36 bits per heavy atom. The van der Waals surface area contributed by atoms with Crippen molar-refractivity contribution in [2.45, 2.75) is 0 Å². The van der Waals surface area contributed by atoms with Crippen LogP contribution in [0.1, 0.15) is 10.4 Å². The number of carbonyl (C=O) groups is 1. The van der Waals surface area contributed by atoms with E-state index in [1.54, 1.807) is 0 Å². The second-order valence-corrected chi connectivity index (χ2v) is 2.05. The zero-order valence-electron chi connectivity index (χ0n) is 5.61.